The van der Waals surface area contributed by atoms with Gasteiger partial charge in [-0.25, -0.2) is 0 Å². The maximum absolute atomic E-state index is 12.4. The first-order valence-electron chi connectivity index (χ1n) is 8.23. The van der Waals surface area contributed by atoms with E-state index in [0.717, 1.165) is 52.0 Å². The van der Waals surface area contributed by atoms with E-state index in [9.17, 15) is 4.79 Å². The van der Waals surface area contributed by atoms with Crippen LogP contribution in [-0.2, 0) is 11.8 Å². The Hall–Kier alpha value is -1.40. The highest BCUT2D eigenvalue weighted by Gasteiger charge is 2.30. The van der Waals surface area contributed by atoms with E-state index in [4.69, 9.17) is 4.74 Å². The Balaban J connectivity index is 1.52. The zero-order valence-corrected chi connectivity index (χ0v) is 13.6. The number of rotatable bonds is 3. The molecule has 0 saturated carbocycles. The maximum atomic E-state index is 12.4. The third kappa shape index (κ3) is 3.33. The van der Waals surface area contributed by atoms with Gasteiger partial charge in [0.15, 0.2) is 0 Å². The van der Waals surface area contributed by atoms with Gasteiger partial charge in [0.05, 0.1) is 11.8 Å². The molecule has 2 fully saturated rings. The summed E-state index contributed by atoms with van der Waals surface area (Å²) in [5, 5.41) is 4.09. The molecule has 6 heteroatoms. The van der Waals surface area contributed by atoms with E-state index in [2.05, 4.69) is 17.0 Å². The minimum Gasteiger partial charge on any atom is -0.381 e. The molecule has 0 atom stereocenters. The van der Waals surface area contributed by atoms with Crippen molar-refractivity contribution in [2.24, 2.45) is 7.05 Å². The summed E-state index contributed by atoms with van der Waals surface area (Å²) in [6, 6.07) is 1.22. The number of nitrogens with zero attached hydrogens (tertiary/aromatic N) is 4. The molecule has 0 radical (unpaired) electrons. The molecule has 2 saturated heterocycles. The lowest BCUT2D eigenvalue weighted by Gasteiger charge is -2.41. The molecule has 122 valence electrons. The average Bonchev–Trinajstić information content (AvgIpc) is 3.01. The number of ether oxygens (including phenoxy) is 1. The number of amides is 1. The molecule has 6 nitrogen and oxygen atoms in total. The predicted octanol–water partition coefficient (Wildman–Crippen LogP) is 1.14. The largest absolute Gasteiger partial charge is 0.381 e. The number of hydrogen-bond acceptors (Lipinski definition) is 4. The summed E-state index contributed by atoms with van der Waals surface area (Å²) in [4.78, 5) is 16.9. The fourth-order valence-corrected chi connectivity index (χ4v) is 3.58. The fraction of sp³-hybridized carbons (Fsp3) is 0.750. The highest BCUT2D eigenvalue weighted by molar-refractivity contribution is 5.93. The third-order valence-corrected chi connectivity index (χ3v) is 5.05. The van der Waals surface area contributed by atoms with Crippen LogP contribution in [0.15, 0.2) is 12.4 Å². The van der Waals surface area contributed by atoms with E-state index >= 15 is 0 Å². The van der Waals surface area contributed by atoms with Gasteiger partial charge in [0.2, 0.25) is 0 Å². The van der Waals surface area contributed by atoms with Crippen LogP contribution >= 0.6 is 0 Å². The van der Waals surface area contributed by atoms with E-state index in [-0.39, 0.29) is 5.91 Å². The second kappa shape index (κ2) is 6.79. The van der Waals surface area contributed by atoms with Gasteiger partial charge in [-0.1, -0.05) is 0 Å². The number of carbonyl (C=O) groups excluding carboxylic acids is 1. The molecule has 0 aromatic carbocycles. The molecule has 1 aromatic heterocycles. The van der Waals surface area contributed by atoms with Crippen molar-refractivity contribution in [3.63, 3.8) is 0 Å². The molecule has 2 aliphatic heterocycles. The van der Waals surface area contributed by atoms with Gasteiger partial charge in [0.1, 0.15) is 0 Å². The molecule has 1 amide bonds. The SMILES string of the molecule is CN(C1CCOCC1)C1CCN(C(=O)c2cnn(C)c2)CC1. The number of carbonyl (C=O) groups is 1. The van der Waals surface area contributed by atoms with Crippen molar-refractivity contribution in [2.75, 3.05) is 33.4 Å². The van der Waals surface area contributed by atoms with Gasteiger partial charge in [-0.15, -0.1) is 0 Å². The average molecular weight is 306 g/mol. The van der Waals surface area contributed by atoms with Crippen molar-refractivity contribution in [1.29, 1.82) is 0 Å². The zero-order chi connectivity index (χ0) is 15.5. The van der Waals surface area contributed by atoms with Gasteiger partial charge in [0, 0.05) is 51.6 Å². The van der Waals surface area contributed by atoms with Crippen molar-refractivity contribution in [1.82, 2.24) is 19.6 Å². The first-order valence-corrected chi connectivity index (χ1v) is 8.23. The van der Waals surface area contributed by atoms with Crippen LogP contribution in [0.2, 0.25) is 0 Å². The van der Waals surface area contributed by atoms with Crippen molar-refractivity contribution in [3.8, 4) is 0 Å². The van der Waals surface area contributed by atoms with Crippen LogP contribution in [0.25, 0.3) is 0 Å². The van der Waals surface area contributed by atoms with Crippen molar-refractivity contribution in [3.05, 3.63) is 18.0 Å². The lowest BCUT2D eigenvalue weighted by molar-refractivity contribution is 0.0152. The van der Waals surface area contributed by atoms with Gasteiger partial charge >= 0.3 is 0 Å². The summed E-state index contributed by atoms with van der Waals surface area (Å²) in [7, 11) is 4.07. The predicted molar refractivity (Wildman–Crippen MR) is 83.7 cm³/mol. The smallest absolute Gasteiger partial charge is 0.257 e. The quantitative estimate of drug-likeness (QED) is 0.840. The summed E-state index contributed by atoms with van der Waals surface area (Å²) in [5.74, 6) is 0.111. The normalized spacial score (nSPS) is 21.5. The van der Waals surface area contributed by atoms with Crippen LogP contribution in [0.4, 0.5) is 0 Å². The van der Waals surface area contributed by atoms with Crippen LogP contribution in [0.1, 0.15) is 36.0 Å². The number of hydrogen-bond donors (Lipinski definition) is 0. The molecule has 3 rings (SSSR count). The van der Waals surface area contributed by atoms with Gasteiger partial charge in [-0.05, 0) is 32.7 Å². The first kappa shape index (κ1) is 15.5. The minimum absolute atomic E-state index is 0.111. The zero-order valence-electron chi connectivity index (χ0n) is 13.6. The third-order valence-electron chi connectivity index (χ3n) is 5.05. The summed E-state index contributed by atoms with van der Waals surface area (Å²) in [6.07, 6.45) is 7.82. The molecule has 0 bridgehead atoms. The monoisotopic (exact) mass is 306 g/mol. The number of piperidine rings is 1. The maximum Gasteiger partial charge on any atom is 0.257 e. The topological polar surface area (TPSA) is 50.6 Å². The summed E-state index contributed by atoms with van der Waals surface area (Å²) < 4.78 is 7.13. The molecular formula is C16H26N4O2. The van der Waals surface area contributed by atoms with Gasteiger partial charge in [0.25, 0.3) is 5.91 Å². The summed E-state index contributed by atoms with van der Waals surface area (Å²) in [6.45, 7) is 3.44. The van der Waals surface area contributed by atoms with Gasteiger partial charge in [-0.2, -0.15) is 5.10 Å². The van der Waals surface area contributed by atoms with E-state index in [1.54, 1.807) is 17.1 Å². The molecule has 22 heavy (non-hydrogen) atoms. The lowest BCUT2D eigenvalue weighted by Crippen LogP contribution is -2.49. The van der Waals surface area contributed by atoms with E-state index < -0.39 is 0 Å². The Bertz CT molecular complexity index is 502. The molecule has 0 aliphatic carbocycles. The Labute approximate surface area is 132 Å². The Kier molecular flexibility index (Phi) is 4.78. The highest BCUT2D eigenvalue weighted by atomic mass is 16.5. The molecule has 0 unspecified atom stereocenters. The standard InChI is InChI=1S/C16H26N4O2/c1-18-12-13(11-17-18)16(21)20-7-3-14(4-8-20)19(2)15-5-9-22-10-6-15/h11-12,14-15H,3-10H2,1-2H3. The second-order valence-electron chi connectivity index (χ2n) is 6.44. The summed E-state index contributed by atoms with van der Waals surface area (Å²) >= 11 is 0. The molecule has 2 aliphatic rings. The van der Waals surface area contributed by atoms with Crippen molar-refractivity contribution < 1.29 is 9.53 Å². The molecule has 0 N–H and O–H groups in total. The van der Waals surface area contributed by atoms with Crippen molar-refractivity contribution in [2.45, 2.75) is 37.8 Å². The number of likely N-dealkylation sites (tertiary alicyclic amines) is 1. The number of aromatic nitrogens is 2. The van der Waals surface area contributed by atoms with Crippen LogP contribution in [0.5, 0.6) is 0 Å². The lowest BCUT2D eigenvalue weighted by atomic mass is 9.98. The molecule has 0 spiro atoms. The van der Waals surface area contributed by atoms with E-state index in [0.29, 0.717) is 17.6 Å². The van der Waals surface area contributed by atoms with E-state index in [1.165, 1.54) is 0 Å². The molecule has 1 aromatic rings. The fourth-order valence-electron chi connectivity index (χ4n) is 3.58. The Morgan fingerprint density at radius 1 is 1.23 bits per heavy atom. The highest BCUT2D eigenvalue weighted by Crippen LogP contribution is 2.22. The Morgan fingerprint density at radius 2 is 1.86 bits per heavy atom. The van der Waals surface area contributed by atoms with Crippen LogP contribution in [0.3, 0.4) is 0 Å². The molecular weight excluding hydrogens is 280 g/mol. The first-order chi connectivity index (χ1) is 10.6. The second-order valence-corrected chi connectivity index (χ2v) is 6.44. The Morgan fingerprint density at radius 3 is 2.45 bits per heavy atom. The van der Waals surface area contributed by atoms with E-state index in [1.807, 2.05) is 11.9 Å². The van der Waals surface area contributed by atoms with Crippen LogP contribution in [0, 0.1) is 0 Å². The van der Waals surface area contributed by atoms with Crippen molar-refractivity contribution >= 4 is 5.91 Å². The van der Waals surface area contributed by atoms with Gasteiger partial charge < -0.3 is 14.5 Å². The minimum atomic E-state index is 0.111. The summed E-state index contributed by atoms with van der Waals surface area (Å²) in [5.41, 5.74) is 0.693. The van der Waals surface area contributed by atoms with Crippen LogP contribution in [-0.4, -0.2) is 70.9 Å². The number of aryl methyl sites for hydroxylation is 1. The molecule has 3 heterocycles. The van der Waals surface area contributed by atoms with Crippen LogP contribution < -0.4 is 0 Å². The van der Waals surface area contributed by atoms with Gasteiger partial charge in [-0.3, -0.25) is 9.48 Å².